The number of phenols is 1. The van der Waals surface area contributed by atoms with Crippen LogP contribution in [0.2, 0.25) is 0 Å². The SMILES string of the molecule is CCS(=O)(=O)c1ccc(O)c(NC(=O)CCc2nc3ccccc3s2)c1. The number of benzene rings is 2. The number of aromatic nitrogens is 1. The number of carbonyl (C=O) groups is 1. The van der Waals surface area contributed by atoms with E-state index in [2.05, 4.69) is 10.3 Å². The first-order chi connectivity index (χ1) is 12.4. The van der Waals surface area contributed by atoms with Gasteiger partial charge in [0.25, 0.3) is 0 Å². The van der Waals surface area contributed by atoms with Crippen LogP contribution in [0.15, 0.2) is 47.4 Å². The number of sulfone groups is 1. The van der Waals surface area contributed by atoms with Gasteiger partial charge in [0, 0.05) is 12.8 Å². The second-order valence-electron chi connectivity index (χ2n) is 5.71. The number of hydrogen-bond donors (Lipinski definition) is 2. The van der Waals surface area contributed by atoms with Crippen molar-refractivity contribution in [3.63, 3.8) is 0 Å². The van der Waals surface area contributed by atoms with Gasteiger partial charge in [-0.25, -0.2) is 13.4 Å². The van der Waals surface area contributed by atoms with Gasteiger partial charge in [0.2, 0.25) is 5.91 Å². The molecule has 8 heteroatoms. The summed E-state index contributed by atoms with van der Waals surface area (Å²) in [6, 6.07) is 11.6. The van der Waals surface area contributed by atoms with Crippen molar-refractivity contribution in [2.24, 2.45) is 0 Å². The van der Waals surface area contributed by atoms with E-state index in [0.29, 0.717) is 6.42 Å². The molecule has 0 spiro atoms. The van der Waals surface area contributed by atoms with Crippen LogP contribution in [0.1, 0.15) is 18.4 Å². The minimum Gasteiger partial charge on any atom is -0.506 e. The molecule has 1 amide bonds. The number of aryl methyl sites for hydroxylation is 1. The van der Waals surface area contributed by atoms with Crippen molar-refractivity contribution in [2.75, 3.05) is 11.1 Å². The van der Waals surface area contributed by atoms with Gasteiger partial charge in [-0.05, 0) is 30.3 Å². The normalized spacial score (nSPS) is 11.6. The van der Waals surface area contributed by atoms with Crippen molar-refractivity contribution in [3.8, 4) is 5.75 Å². The van der Waals surface area contributed by atoms with Crippen LogP contribution < -0.4 is 5.32 Å². The predicted octanol–water partition coefficient (Wildman–Crippen LogP) is 3.37. The maximum absolute atomic E-state index is 12.2. The van der Waals surface area contributed by atoms with E-state index < -0.39 is 9.84 Å². The molecule has 0 radical (unpaired) electrons. The largest absolute Gasteiger partial charge is 0.506 e. The Labute approximate surface area is 155 Å². The Kier molecular flexibility index (Phi) is 5.24. The highest BCUT2D eigenvalue weighted by Crippen LogP contribution is 2.27. The summed E-state index contributed by atoms with van der Waals surface area (Å²) in [5, 5.41) is 13.3. The zero-order valence-corrected chi connectivity index (χ0v) is 15.7. The molecule has 0 aliphatic carbocycles. The Morgan fingerprint density at radius 2 is 2.00 bits per heavy atom. The van der Waals surface area contributed by atoms with Crippen molar-refractivity contribution in [2.45, 2.75) is 24.7 Å². The average Bonchev–Trinajstić information content (AvgIpc) is 3.04. The fraction of sp³-hybridized carbons (Fsp3) is 0.222. The number of aromatic hydroxyl groups is 1. The van der Waals surface area contributed by atoms with Crippen molar-refractivity contribution in [1.82, 2.24) is 4.98 Å². The third-order valence-corrected chi connectivity index (χ3v) is 6.71. The zero-order chi connectivity index (χ0) is 18.7. The minimum absolute atomic E-state index is 0.0528. The molecule has 0 saturated heterocycles. The Morgan fingerprint density at radius 3 is 2.73 bits per heavy atom. The zero-order valence-electron chi connectivity index (χ0n) is 14.1. The number of hydrogen-bond acceptors (Lipinski definition) is 6. The van der Waals surface area contributed by atoms with E-state index in [9.17, 15) is 18.3 Å². The highest BCUT2D eigenvalue weighted by Gasteiger charge is 2.15. The van der Waals surface area contributed by atoms with Crippen LogP contribution >= 0.6 is 11.3 Å². The highest BCUT2D eigenvalue weighted by atomic mass is 32.2. The summed E-state index contributed by atoms with van der Waals surface area (Å²) in [5.74, 6) is -0.540. The van der Waals surface area contributed by atoms with E-state index in [1.165, 1.54) is 29.5 Å². The fourth-order valence-corrected chi connectivity index (χ4v) is 4.31. The molecule has 2 aromatic carbocycles. The minimum atomic E-state index is -3.41. The smallest absolute Gasteiger partial charge is 0.224 e. The first-order valence-corrected chi connectivity index (χ1v) is 10.6. The number of nitrogens with one attached hydrogen (secondary N) is 1. The lowest BCUT2D eigenvalue weighted by molar-refractivity contribution is -0.116. The molecular weight excluding hydrogens is 372 g/mol. The second-order valence-corrected chi connectivity index (χ2v) is 9.10. The van der Waals surface area contributed by atoms with Crippen molar-refractivity contribution >= 4 is 43.0 Å². The quantitative estimate of drug-likeness (QED) is 0.629. The molecule has 0 bridgehead atoms. The van der Waals surface area contributed by atoms with Gasteiger partial charge in [-0.2, -0.15) is 0 Å². The first-order valence-electron chi connectivity index (χ1n) is 8.09. The predicted molar refractivity (Wildman–Crippen MR) is 102 cm³/mol. The standard InChI is InChI=1S/C18H18N2O4S2/c1-2-26(23,24)12-7-8-15(21)14(11-12)19-17(22)9-10-18-20-13-5-3-4-6-16(13)25-18/h3-8,11,21H,2,9-10H2,1H3,(H,19,22). The summed E-state index contributed by atoms with van der Waals surface area (Å²) < 4.78 is 25.0. The third-order valence-electron chi connectivity index (χ3n) is 3.89. The molecule has 0 saturated carbocycles. The molecule has 3 rings (SSSR count). The van der Waals surface area contributed by atoms with Crippen molar-refractivity contribution in [1.29, 1.82) is 0 Å². The van der Waals surface area contributed by atoms with E-state index in [1.807, 2.05) is 24.3 Å². The number of anilines is 1. The highest BCUT2D eigenvalue weighted by molar-refractivity contribution is 7.91. The van der Waals surface area contributed by atoms with Gasteiger partial charge >= 0.3 is 0 Å². The summed E-state index contributed by atoms with van der Waals surface area (Å²) in [5.41, 5.74) is 0.997. The van der Waals surface area contributed by atoms with Gasteiger partial charge in [0.15, 0.2) is 9.84 Å². The van der Waals surface area contributed by atoms with Crippen LogP contribution in [-0.2, 0) is 21.1 Å². The number of phenolic OH excluding ortho intramolecular Hbond substituents is 1. The van der Waals surface area contributed by atoms with E-state index in [1.54, 1.807) is 6.92 Å². The van der Waals surface area contributed by atoms with E-state index >= 15 is 0 Å². The summed E-state index contributed by atoms with van der Waals surface area (Å²) in [7, 11) is -3.41. The lowest BCUT2D eigenvalue weighted by Gasteiger charge is -2.09. The maximum Gasteiger partial charge on any atom is 0.224 e. The number of thiazole rings is 1. The average molecular weight is 390 g/mol. The topological polar surface area (TPSA) is 96.4 Å². The molecule has 0 atom stereocenters. The Morgan fingerprint density at radius 1 is 1.23 bits per heavy atom. The molecule has 0 aliphatic heterocycles. The number of para-hydroxylation sites is 1. The Bertz CT molecular complexity index is 1020. The van der Waals surface area contributed by atoms with Crippen LogP contribution in [0, 0.1) is 0 Å². The molecule has 1 aromatic heterocycles. The van der Waals surface area contributed by atoms with Gasteiger partial charge < -0.3 is 10.4 Å². The second kappa shape index (κ2) is 7.43. The number of amides is 1. The molecule has 1 heterocycles. The van der Waals surface area contributed by atoms with E-state index in [-0.39, 0.29) is 34.4 Å². The molecule has 0 unspecified atom stereocenters. The summed E-state index contributed by atoms with van der Waals surface area (Å²) >= 11 is 1.54. The lowest BCUT2D eigenvalue weighted by Crippen LogP contribution is -2.13. The lowest BCUT2D eigenvalue weighted by atomic mass is 10.2. The van der Waals surface area contributed by atoms with Crippen molar-refractivity contribution in [3.05, 3.63) is 47.5 Å². The molecule has 26 heavy (non-hydrogen) atoms. The third kappa shape index (κ3) is 4.03. The summed E-state index contributed by atoms with van der Waals surface area (Å²) in [4.78, 5) is 16.7. The van der Waals surface area contributed by atoms with Crippen LogP contribution in [0.5, 0.6) is 5.75 Å². The maximum atomic E-state index is 12.2. The van der Waals surface area contributed by atoms with Crippen LogP contribution in [0.3, 0.4) is 0 Å². The molecule has 2 N–H and O–H groups in total. The molecular formula is C18H18N2O4S2. The Hall–Kier alpha value is -2.45. The Balaban J connectivity index is 1.69. The number of nitrogens with zero attached hydrogens (tertiary/aromatic N) is 1. The monoisotopic (exact) mass is 390 g/mol. The molecule has 136 valence electrons. The molecule has 3 aromatic rings. The van der Waals surface area contributed by atoms with Crippen LogP contribution in [0.4, 0.5) is 5.69 Å². The van der Waals surface area contributed by atoms with Gasteiger partial charge in [0.1, 0.15) is 5.75 Å². The summed E-state index contributed by atoms with van der Waals surface area (Å²) in [6.45, 7) is 1.54. The van der Waals surface area contributed by atoms with E-state index in [0.717, 1.165) is 15.2 Å². The number of fused-ring (bicyclic) bond motifs is 1. The van der Waals surface area contributed by atoms with Crippen molar-refractivity contribution < 1.29 is 18.3 Å². The van der Waals surface area contributed by atoms with Crippen LogP contribution in [0.25, 0.3) is 10.2 Å². The molecule has 6 nitrogen and oxygen atoms in total. The molecule has 0 fully saturated rings. The fourth-order valence-electron chi connectivity index (χ4n) is 2.44. The first kappa shape index (κ1) is 18.3. The summed E-state index contributed by atoms with van der Waals surface area (Å²) in [6.07, 6.45) is 0.656. The van der Waals surface area contributed by atoms with Gasteiger partial charge in [0.05, 0.1) is 31.6 Å². The number of rotatable bonds is 6. The van der Waals surface area contributed by atoms with Gasteiger partial charge in [-0.1, -0.05) is 19.1 Å². The van der Waals surface area contributed by atoms with E-state index in [4.69, 9.17) is 0 Å². The molecule has 0 aliphatic rings. The van der Waals surface area contributed by atoms with Gasteiger partial charge in [-0.15, -0.1) is 11.3 Å². The van der Waals surface area contributed by atoms with Crippen LogP contribution in [-0.4, -0.2) is 30.2 Å². The van der Waals surface area contributed by atoms with Gasteiger partial charge in [-0.3, -0.25) is 4.79 Å². The number of carbonyl (C=O) groups excluding carboxylic acids is 1.